The van der Waals surface area contributed by atoms with Crippen LogP contribution in [0.2, 0.25) is 5.15 Å². The van der Waals surface area contributed by atoms with Crippen molar-refractivity contribution < 1.29 is 74.5 Å². The fourth-order valence-corrected chi connectivity index (χ4v) is 7.15. The van der Waals surface area contributed by atoms with Crippen molar-refractivity contribution >= 4 is 41.0 Å². The molecular weight excluding hydrogens is 866 g/mol. The van der Waals surface area contributed by atoms with Crippen LogP contribution in [0.15, 0.2) is 48.5 Å². The molecule has 3 aromatic rings. The van der Waals surface area contributed by atoms with Crippen molar-refractivity contribution in [1.82, 2.24) is 25.9 Å². The molecule has 15 nitrogen and oxygen atoms in total. The number of amides is 3. The number of nitrogens with one attached hydrogen (secondary N) is 3. The number of nitrogen functional groups attached to an aromatic ring is 2. The first-order valence-electron chi connectivity index (χ1n) is 20.2. The number of carbonyl (C=O) groups excluding carboxylic acids is 3. The molecule has 0 aliphatic carbocycles. The summed E-state index contributed by atoms with van der Waals surface area (Å²) in [6.07, 6.45) is 5.47. The second-order valence-corrected chi connectivity index (χ2v) is 17.8. The van der Waals surface area contributed by atoms with Crippen molar-refractivity contribution in [2.75, 3.05) is 119 Å². The lowest BCUT2D eigenvalue weighted by Gasteiger charge is -2.45. The SMILES string of the molecule is C[N+](C)(C)CCNC(=O)COc1ccc(CCC[N+]2(CCCc3ccc(OCC(=O)NCC[N+](C)(C)C)cc3)CCCC(NC(=O)c3nc(Cl)c(N)nc3N)C2)cc1.[Cl-].[Cl-].[Cl-]. The first-order valence-corrected chi connectivity index (χ1v) is 20.6. The Morgan fingerprint density at radius 3 is 1.64 bits per heavy atom. The van der Waals surface area contributed by atoms with Crippen molar-refractivity contribution in [2.45, 2.75) is 44.6 Å². The first-order chi connectivity index (χ1) is 27.4. The second kappa shape index (κ2) is 25.9. The maximum atomic E-state index is 13.3. The van der Waals surface area contributed by atoms with Crippen LogP contribution in [0, 0.1) is 0 Å². The lowest BCUT2D eigenvalue weighted by molar-refractivity contribution is -0.933. The number of likely N-dealkylation sites (N-methyl/N-ethyl adjacent to an activating group) is 2. The zero-order valence-electron chi connectivity index (χ0n) is 36.5. The lowest BCUT2D eigenvalue weighted by atomic mass is 9.99. The van der Waals surface area contributed by atoms with Crippen LogP contribution in [0.4, 0.5) is 11.6 Å². The molecule has 3 amide bonds. The van der Waals surface area contributed by atoms with Crippen LogP contribution in [0.5, 0.6) is 11.5 Å². The van der Waals surface area contributed by atoms with Crippen molar-refractivity contribution in [3.8, 4) is 11.5 Å². The molecule has 2 aromatic carbocycles. The van der Waals surface area contributed by atoms with Gasteiger partial charge in [-0.2, -0.15) is 0 Å². The number of halogens is 4. The normalized spacial score (nSPS) is 14.6. The molecule has 0 spiro atoms. The van der Waals surface area contributed by atoms with Crippen molar-refractivity contribution in [3.05, 3.63) is 70.5 Å². The van der Waals surface area contributed by atoms with Crippen molar-refractivity contribution in [3.63, 3.8) is 0 Å². The monoisotopic (exact) mass is 930 g/mol. The average Bonchev–Trinajstić information content (AvgIpc) is 3.15. The molecule has 1 unspecified atom stereocenters. The predicted molar refractivity (Wildman–Crippen MR) is 228 cm³/mol. The van der Waals surface area contributed by atoms with E-state index >= 15 is 0 Å². The molecule has 1 saturated heterocycles. The summed E-state index contributed by atoms with van der Waals surface area (Å²) in [6, 6.07) is 15.8. The van der Waals surface area contributed by atoms with Gasteiger partial charge >= 0.3 is 0 Å². The molecule has 1 aromatic heterocycles. The zero-order valence-corrected chi connectivity index (χ0v) is 39.5. The van der Waals surface area contributed by atoms with E-state index in [4.69, 9.17) is 32.5 Å². The number of likely N-dealkylation sites (tertiary alicyclic amines) is 1. The molecule has 1 fully saturated rings. The van der Waals surface area contributed by atoms with Gasteiger partial charge in [0.05, 0.1) is 101 Å². The quantitative estimate of drug-likeness (QED) is 0.0613. The van der Waals surface area contributed by atoms with Gasteiger partial charge in [0.15, 0.2) is 35.7 Å². The van der Waals surface area contributed by atoms with E-state index in [0.717, 1.165) is 91.2 Å². The van der Waals surface area contributed by atoms with Gasteiger partial charge < -0.3 is 87.6 Å². The van der Waals surface area contributed by atoms with E-state index < -0.39 is 5.91 Å². The van der Waals surface area contributed by atoms with E-state index in [1.165, 1.54) is 11.1 Å². The molecule has 1 aliphatic rings. The predicted octanol–water partition coefficient (Wildman–Crippen LogP) is -6.32. The number of nitrogens with zero attached hydrogens (tertiary/aromatic N) is 5. The van der Waals surface area contributed by atoms with E-state index in [-0.39, 0.29) is 90.8 Å². The minimum Gasteiger partial charge on any atom is -1.00 e. The third kappa shape index (κ3) is 20.3. The molecule has 1 aliphatic heterocycles. The van der Waals surface area contributed by atoms with Gasteiger partial charge in [-0.1, -0.05) is 35.9 Å². The Kier molecular flexibility index (Phi) is 23.5. The number of carbonyl (C=O) groups is 3. The van der Waals surface area contributed by atoms with Gasteiger partial charge in [0.25, 0.3) is 17.7 Å². The fourth-order valence-electron chi connectivity index (χ4n) is 7.02. The third-order valence-electron chi connectivity index (χ3n) is 10.2. The molecule has 1 atom stereocenters. The average molecular weight is 933 g/mol. The van der Waals surface area contributed by atoms with Crippen molar-refractivity contribution in [1.29, 1.82) is 0 Å². The smallest absolute Gasteiger partial charge is 0.274 e. The van der Waals surface area contributed by atoms with Gasteiger partial charge in [0.2, 0.25) is 0 Å². The number of hydrogen-bond acceptors (Lipinski definition) is 9. The molecule has 342 valence electrons. The zero-order chi connectivity index (χ0) is 42.3. The summed E-state index contributed by atoms with van der Waals surface area (Å²) in [5.74, 6) is 0.567. The minimum atomic E-state index is -0.412. The van der Waals surface area contributed by atoms with Crippen molar-refractivity contribution in [2.24, 2.45) is 0 Å². The Labute approximate surface area is 385 Å². The van der Waals surface area contributed by atoms with Gasteiger partial charge in [-0.05, 0) is 61.1 Å². The first kappa shape index (κ1) is 55.2. The Hall–Kier alpha value is -3.83. The van der Waals surface area contributed by atoms with Crippen LogP contribution in [-0.2, 0) is 22.4 Å². The number of aromatic nitrogens is 2. The molecule has 61 heavy (non-hydrogen) atoms. The van der Waals surface area contributed by atoms with Crippen LogP contribution in [-0.4, -0.2) is 155 Å². The molecule has 7 N–H and O–H groups in total. The molecule has 4 rings (SSSR count). The fraction of sp³-hybridized carbons (Fsp3) is 0.548. The number of benzene rings is 2. The van der Waals surface area contributed by atoms with Crippen LogP contribution in [0.25, 0.3) is 0 Å². The topological polar surface area (TPSA) is 184 Å². The number of hydrogen-bond donors (Lipinski definition) is 5. The van der Waals surface area contributed by atoms with Gasteiger partial charge in [0, 0.05) is 12.8 Å². The molecule has 0 radical (unpaired) electrons. The van der Waals surface area contributed by atoms with Crippen LogP contribution >= 0.6 is 11.6 Å². The summed E-state index contributed by atoms with van der Waals surface area (Å²) in [4.78, 5) is 45.9. The van der Waals surface area contributed by atoms with Crippen LogP contribution < -0.4 is 74.1 Å². The largest absolute Gasteiger partial charge is 1.00 e. The van der Waals surface area contributed by atoms with Crippen LogP contribution in [0.1, 0.15) is 47.3 Å². The van der Waals surface area contributed by atoms with Gasteiger partial charge in [0.1, 0.15) is 11.5 Å². The standard InChI is InChI=1S/C42H63ClN10O5.3ClH/c1-51(2,3)26-21-46-36(54)29-57-34-17-13-31(14-18-34)10-7-23-53(25-9-12-33(28-53)48-42(56)38-40(44)50-41(45)39(43)49-38)24-8-11-32-15-19-35(20-16-32)58-30-37(55)47-22-27-52(4,5)6;;;/h13-20,33H,7-12,21-30H2,1-6H3,(H4-3,44,45,46,47,48,50,54,55,56);3*1H. The Bertz CT molecular complexity index is 1720. The highest BCUT2D eigenvalue weighted by atomic mass is 35.5. The summed E-state index contributed by atoms with van der Waals surface area (Å²) in [6.45, 7) is 6.50. The third-order valence-corrected chi connectivity index (χ3v) is 10.5. The summed E-state index contributed by atoms with van der Waals surface area (Å²) in [5, 5.41) is 8.92. The molecule has 19 heteroatoms. The molecule has 0 bridgehead atoms. The number of aryl methyl sites for hydroxylation is 2. The number of ether oxygens (including phenoxy) is 2. The summed E-state index contributed by atoms with van der Waals surface area (Å²) in [5.41, 5.74) is 14.1. The Morgan fingerprint density at radius 2 is 1.20 bits per heavy atom. The van der Waals surface area contributed by atoms with E-state index in [1.54, 1.807) is 0 Å². The molecular formula is C42H66Cl4N10O5. The second-order valence-electron chi connectivity index (χ2n) is 17.4. The molecule has 0 saturated carbocycles. The summed E-state index contributed by atoms with van der Waals surface area (Å²) < 4.78 is 13.9. The van der Waals surface area contributed by atoms with E-state index in [9.17, 15) is 14.4 Å². The van der Waals surface area contributed by atoms with Gasteiger partial charge in [-0.3, -0.25) is 14.4 Å². The number of quaternary nitrogens is 3. The maximum absolute atomic E-state index is 13.3. The highest BCUT2D eigenvalue weighted by Gasteiger charge is 2.35. The number of nitrogens with two attached hydrogens (primary N) is 2. The summed E-state index contributed by atoms with van der Waals surface area (Å²) >= 11 is 6.08. The highest BCUT2D eigenvalue weighted by Crippen LogP contribution is 2.25. The van der Waals surface area contributed by atoms with Gasteiger partial charge in [-0.25, -0.2) is 9.97 Å². The lowest BCUT2D eigenvalue weighted by Crippen LogP contribution is -3.00. The minimum absolute atomic E-state index is 0. The van der Waals surface area contributed by atoms with Gasteiger partial charge in [-0.15, -0.1) is 0 Å². The van der Waals surface area contributed by atoms with E-state index in [0.29, 0.717) is 24.6 Å². The van der Waals surface area contributed by atoms with Crippen LogP contribution in [0.3, 0.4) is 0 Å². The number of anilines is 2. The van der Waals surface area contributed by atoms with E-state index in [2.05, 4.69) is 92.5 Å². The van der Waals surface area contributed by atoms with E-state index in [1.807, 2.05) is 24.3 Å². The number of rotatable bonds is 22. The Balaban J connectivity index is 0.00000620. The molecule has 2 heterocycles. The summed E-state index contributed by atoms with van der Waals surface area (Å²) in [7, 11) is 12.5. The Morgan fingerprint density at radius 1 is 0.738 bits per heavy atom. The number of piperidine rings is 1. The highest BCUT2D eigenvalue weighted by molar-refractivity contribution is 6.31. The maximum Gasteiger partial charge on any atom is 0.274 e.